The molecule has 0 saturated carbocycles. The Bertz CT molecular complexity index is 1080. The van der Waals surface area contributed by atoms with Gasteiger partial charge in [-0.1, -0.05) is 37.7 Å². The van der Waals surface area contributed by atoms with Gasteiger partial charge in [0.25, 0.3) is 0 Å². The highest BCUT2D eigenvalue weighted by Gasteiger charge is 2.23. The minimum absolute atomic E-state index is 0.256. The molecule has 2 aromatic carbocycles. The summed E-state index contributed by atoms with van der Waals surface area (Å²) in [5, 5.41) is 0.791. The number of aromatic nitrogens is 2. The Labute approximate surface area is 169 Å². The summed E-state index contributed by atoms with van der Waals surface area (Å²) in [6.07, 6.45) is 0. The predicted octanol–water partition coefficient (Wildman–Crippen LogP) is 4.52. The van der Waals surface area contributed by atoms with E-state index >= 15 is 0 Å². The van der Waals surface area contributed by atoms with E-state index in [4.69, 9.17) is 0 Å². The molecule has 1 heterocycles. The van der Waals surface area contributed by atoms with E-state index in [2.05, 4.69) is 4.98 Å². The van der Waals surface area contributed by atoms with Crippen LogP contribution in [0, 0.1) is 5.82 Å². The van der Waals surface area contributed by atoms with Gasteiger partial charge in [0.05, 0.1) is 15.9 Å². The fourth-order valence-electron chi connectivity index (χ4n) is 3.15. The van der Waals surface area contributed by atoms with Crippen LogP contribution >= 0.6 is 11.8 Å². The molecule has 0 spiro atoms. The molecule has 28 heavy (non-hydrogen) atoms. The third-order valence-corrected chi connectivity index (χ3v) is 7.69. The van der Waals surface area contributed by atoms with Crippen molar-refractivity contribution >= 4 is 32.8 Å². The lowest BCUT2D eigenvalue weighted by Crippen LogP contribution is -2.30. The molecule has 0 aliphatic heterocycles. The minimum atomic E-state index is -3.53. The molecule has 3 rings (SSSR count). The maximum absolute atomic E-state index is 13.4. The molecule has 0 amide bonds. The zero-order chi connectivity index (χ0) is 20.3. The van der Waals surface area contributed by atoms with E-state index in [9.17, 15) is 12.8 Å². The lowest BCUT2D eigenvalue weighted by atomic mass is 10.2. The number of fused-ring (bicyclic) bond motifs is 1. The normalized spacial score (nSPS) is 12.2. The van der Waals surface area contributed by atoms with Gasteiger partial charge >= 0.3 is 0 Å². The minimum Gasteiger partial charge on any atom is -0.319 e. The van der Waals surface area contributed by atoms with Gasteiger partial charge in [0, 0.05) is 25.4 Å². The zero-order valence-corrected chi connectivity index (χ0v) is 17.9. The van der Waals surface area contributed by atoms with Crippen molar-refractivity contribution in [2.24, 2.45) is 0 Å². The number of nitrogens with zero attached hydrogens (tertiary/aromatic N) is 3. The summed E-state index contributed by atoms with van der Waals surface area (Å²) in [7, 11) is -3.53. The summed E-state index contributed by atoms with van der Waals surface area (Å²) in [4.78, 5) is 4.91. The van der Waals surface area contributed by atoms with Crippen molar-refractivity contribution in [2.75, 3.05) is 13.1 Å². The number of halogens is 1. The molecule has 0 N–H and O–H groups in total. The quantitative estimate of drug-likeness (QED) is 0.502. The van der Waals surface area contributed by atoms with Gasteiger partial charge < -0.3 is 4.57 Å². The van der Waals surface area contributed by atoms with Crippen molar-refractivity contribution in [2.45, 2.75) is 43.1 Å². The standard InChI is InChI=1S/C20H24FN3O2S2/c1-4-23(5-2)28(25,26)17-10-11-19-18(13-17)22-20(24(19)6-3)27-14-15-8-7-9-16(21)12-15/h7-13H,4-6,14H2,1-3H3. The monoisotopic (exact) mass is 421 g/mol. The van der Waals surface area contributed by atoms with Crippen LogP contribution in [0.4, 0.5) is 4.39 Å². The van der Waals surface area contributed by atoms with Crippen molar-refractivity contribution in [3.63, 3.8) is 0 Å². The molecule has 8 heteroatoms. The third kappa shape index (κ3) is 4.09. The van der Waals surface area contributed by atoms with Gasteiger partial charge in [-0.25, -0.2) is 17.8 Å². The molecule has 5 nitrogen and oxygen atoms in total. The summed E-state index contributed by atoms with van der Waals surface area (Å²) in [6, 6.07) is 11.6. The Balaban J connectivity index is 1.95. The van der Waals surface area contributed by atoms with Crippen LogP contribution in [-0.4, -0.2) is 35.4 Å². The number of hydrogen-bond acceptors (Lipinski definition) is 4. The largest absolute Gasteiger partial charge is 0.319 e. The first-order chi connectivity index (χ1) is 13.4. The Hall–Kier alpha value is -1.90. The van der Waals surface area contributed by atoms with E-state index in [1.54, 1.807) is 18.2 Å². The van der Waals surface area contributed by atoms with Crippen LogP contribution in [0.2, 0.25) is 0 Å². The number of thioether (sulfide) groups is 1. The smallest absolute Gasteiger partial charge is 0.243 e. The van der Waals surface area contributed by atoms with Crippen LogP contribution in [-0.2, 0) is 22.3 Å². The maximum Gasteiger partial charge on any atom is 0.243 e. The Kier molecular flexibility index (Phi) is 6.42. The molecule has 0 fully saturated rings. The second-order valence-corrected chi connectivity index (χ2v) is 9.18. The van der Waals surface area contributed by atoms with Crippen LogP contribution in [0.3, 0.4) is 0 Å². The van der Waals surface area contributed by atoms with Gasteiger partial charge in [-0.15, -0.1) is 0 Å². The van der Waals surface area contributed by atoms with E-state index < -0.39 is 10.0 Å². The maximum atomic E-state index is 13.4. The summed E-state index contributed by atoms with van der Waals surface area (Å²) in [5.41, 5.74) is 2.42. The second-order valence-electron chi connectivity index (χ2n) is 6.30. The third-order valence-electron chi connectivity index (χ3n) is 4.60. The highest BCUT2D eigenvalue weighted by atomic mass is 32.2. The van der Waals surface area contributed by atoms with Gasteiger partial charge in [0.1, 0.15) is 5.82 Å². The fraction of sp³-hybridized carbons (Fsp3) is 0.350. The van der Waals surface area contributed by atoms with E-state index in [0.717, 1.165) is 16.2 Å². The Morgan fingerprint density at radius 2 is 1.86 bits per heavy atom. The molecule has 0 aliphatic rings. The zero-order valence-electron chi connectivity index (χ0n) is 16.2. The molecule has 3 aromatic rings. The molecule has 1 aromatic heterocycles. The van der Waals surface area contributed by atoms with Crippen LogP contribution in [0.25, 0.3) is 11.0 Å². The van der Waals surface area contributed by atoms with Crippen molar-refractivity contribution in [3.05, 3.63) is 53.8 Å². The van der Waals surface area contributed by atoms with Crippen LogP contribution in [0.5, 0.6) is 0 Å². The van der Waals surface area contributed by atoms with E-state index in [0.29, 0.717) is 30.9 Å². The van der Waals surface area contributed by atoms with Crippen molar-refractivity contribution in [3.8, 4) is 0 Å². The number of sulfonamides is 1. The average Bonchev–Trinajstić information content (AvgIpc) is 3.03. The molecule has 0 saturated heterocycles. The van der Waals surface area contributed by atoms with Crippen molar-refractivity contribution in [1.29, 1.82) is 0 Å². The topological polar surface area (TPSA) is 55.2 Å². The predicted molar refractivity (Wildman–Crippen MR) is 111 cm³/mol. The van der Waals surface area contributed by atoms with E-state index in [1.807, 2.05) is 37.5 Å². The highest BCUT2D eigenvalue weighted by molar-refractivity contribution is 7.98. The summed E-state index contributed by atoms with van der Waals surface area (Å²) in [5.74, 6) is 0.333. The van der Waals surface area contributed by atoms with Crippen LogP contribution < -0.4 is 0 Å². The van der Waals surface area contributed by atoms with Crippen molar-refractivity contribution < 1.29 is 12.8 Å². The number of aryl methyl sites for hydroxylation is 1. The molecule has 0 bridgehead atoms. The van der Waals surface area contributed by atoms with Gasteiger partial charge in [0.15, 0.2) is 5.16 Å². The van der Waals surface area contributed by atoms with Gasteiger partial charge in [0.2, 0.25) is 10.0 Å². The fourth-order valence-corrected chi connectivity index (χ4v) is 5.65. The SMILES string of the molecule is CCN(CC)S(=O)(=O)c1ccc2c(c1)nc(SCc1cccc(F)c1)n2CC. The molecular weight excluding hydrogens is 397 g/mol. The number of rotatable bonds is 8. The van der Waals surface area contributed by atoms with E-state index in [-0.39, 0.29) is 10.7 Å². The first-order valence-corrected chi connectivity index (χ1v) is 11.7. The molecule has 0 unspecified atom stereocenters. The Morgan fingerprint density at radius 1 is 1.11 bits per heavy atom. The molecule has 150 valence electrons. The number of imidazole rings is 1. The second kappa shape index (κ2) is 8.63. The number of hydrogen-bond donors (Lipinski definition) is 0. The molecule has 0 radical (unpaired) electrons. The summed E-state index contributed by atoms with van der Waals surface area (Å²) < 4.78 is 42.5. The molecule has 0 atom stereocenters. The molecule has 0 aliphatic carbocycles. The summed E-state index contributed by atoms with van der Waals surface area (Å²) in [6.45, 7) is 7.24. The lowest BCUT2D eigenvalue weighted by molar-refractivity contribution is 0.445. The highest BCUT2D eigenvalue weighted by Crippen LogP contribution is 2.29. The first kappa shape index (κ1) is 20.8. The van der Waals surface area contributed by atoms with E-state index in [1.165, 1.54) is 28.2 Å². The summed E-state index contributed by atoms with van der Waals surface area (Å²) >= 11 is 1.51. The first-order valence-electron chi connectivity index (χ1n) is 9.28. The molecular formula is C20H24FN3O2S2. The number of benzene rings is 2. The van der Waals surface area contributed by atoms with Gasteiger partial charge in [-0.05, 0) is 42.8 Å². The lowest BCUT2D eigenvalue weighted by Gasteiger charge is -2.18. The van der Waals surface area contributed by atoms with Gasteiger partial charge in [-0.3, -0.25) is 0 Å². The average molecular weight is 422 g/mol. The van der Waals surface area contributed by atoms with Crippen LogP contribution in [0.1, 0.15) is 26.3 Å². The van der Waals surface area contributed by atoms with Crippen molar-refractivity contribution in [1.82, 2.24) is 13.9 Å². The van der Waals surface area contributed by atoms with Crippen LogP contribution in [0.15, 0.2) is 52.5 Å². The Morgan fingerprint density at radius 3 is 2.50 bits per heavy atom. The van der Waals surface area contributed by atoms with Gasteiger partial charge in [-0.2, -0.15) is 4.31 Å².